The van der Waals surface area contributed by atoms with Crippen LogP contribution in [0.25, 0.3) is 0 Å². The maximum atomic E-state index is 12.3. The first-order chi connectivity index (χ1) is 10.0. The number of rotatable bonds is 3. The van der Waals surface area contributed by atoms with Crippen LogP contribution in [0, 0.1) is 11.8 Å². The van der Waals surface area contributed by atoms with E-state index in [-0.39, 0.29) is 42.6 Å². The largest absolute Gasteiger partial charge is 0.348 e. The first-order valence-electron chi connectivity index (χ1n) is 7.90. The molecule has 5 aliphatic rings. The van der Waals surface area contributed by atoms with Gasteiger partial charge in [-0.3, -0.25) is 19.3 Å². The number of hydrogen-bond acceptors (Lipinski definition) is 4. The minimum atomic E-state index is -0.218. The summed E-state index contributed by atoms with van der Waals surface area (Å²) in [6.45, 7) is 3.15. The van der Waals surface area contributed by atoms with Gasteiger partial charge in [-0.2, -0.15) is 0 Å². The smallest absolute Gasteiger partial charge is 0.240 e. The molecule has 5 fully saturated rings. The maximum Gasteiger partial charge on any atom is 0.240 e. The van der Waals surface area contributed by atoms with Gasteiger partial charge in [0.2, 0.25) is 17.7 Å². The molecule has 4 bridgehead atoms. The van der Waals surface area contributed by atoms with E-state index < -0.39 is 0 Å². The monoisotopic (exact) mass is 291 g/mol. The summed E-state index contributed by atoms with van der Waals surface area (Å²) >= 11 is 0. The summed E-state index contributed by atoms with van der Waals surface area (Å²) < 4.78 is 0. The molecule has 1 saturated carbocycles. The van der Waals surface area contributed by atoms with Crippen molar-refractivity contribution in [3.8, 4) is 0 Å². The zero-order chi connectivity index (χ0) is 14.6. The van der Waals surface area contributed by atoms with E-state index in [1.807, 2.05) is 0 Å². The van der Waals surface area contributed by atoms with Gasteiger partial charge in [-0.05, 0) is 31.1 Å². The summed E-state index contributed by atoms with van der Waals surface area (Å²) in [7, 11) is 0. The van der Waals surface area contributed by atoms with E-state index in [2.05, 4.69) is 10.2 Å². The van der Waals surface area contributed by atoms with Crippen molar-refractivity contribution in [1.82, 2.24) is 15.1 Å². The van der Waals surface area contributed by atoms with Crippen molar-refractivity contribution < 1.29 is 14.4 Å². The normalized spacial score (nSPS) is 41.0. The predicted octanol–water partition coefficient (Wildman–Crippen LogP) is -0.264. The number of nitrogens with one attached hydrogen (secondary N) is 1. The lowest BCUT2D eigenvalue weighted by molar-refractivity contribution is -0.144. The number of nitrogens with zero attached hydrogens (tertiary/aromatic N) is 2. The van der Waals surface area contributed by atoms with Gasteiger partial charge in [0, 0.05) is 32.5 Å². The second kappa shape index (κ2) is 4.53. The van der Waals surface area contributed by atoms with Gasteiger partial charge in [-0.15, -0.1) is 0 Å². The molecule has 1 N–H and O–H groups in total. The van der Waals surface area contributed by atoms with E-state index in [9.17, 15) is 14.4 Å². The Labute approximate surface area is 123 Å². The Hall–Kier alpha value is -1.43. The fraction of sp³-hybridized carbons (Fsp3) is 0.800. The zero-order valence-corrected chi connectivity index (χ0v) is 12.1. The van der Waals surface area contributed by atoms with Crippen molar-refractivity contribution in [1.29, 1.82) is 0 Å². The molecule has 6 heteroatoms. The van der Waals surface area contributed by atoms with Crippen LogP contribution in [0.3, 0.4) is 0 Å². The summed E-state index contributed by atoms with van der Waals surface area (Å²) in [6.07, 6.45) is 3.88. The number of imide groups is 1. The van der Waals surface area contributed by atoms with Crippen LogP contribution < -0.4 is 5.32 Å². The fourth-order valence-electron chi connectivity index (χ4n) is 5.02. The van der Waals surface area contributed by atoms with Gasteiger partial charge in [-0.25, -0.2) is 0 Å². The highest BCUT2D eigenvalue weighted by atomic mass is 16.2. The van der Waals surface area contributed by atoms with Crippen LogP contribution in [0.2, 0.25) is 0 Å². The lowest BCUT2D eigenvalue weighted by Gasteiger charge is -2.58. The number of carbonyl (C=O) groups is 3. The van der Waals surface area contributed by atoms with Gasteiger partial charge in [0.1, 0.15) is 6.54 Å². The van der Waals surface area contributed by atoms with E-state index in [4.69, 9.17) is 0 Å². The second-order valence-corrected chi connectivity index (χ2v) is 7.27. The molecule has 4 saturated heterocycles. The summed E-state index contributed by atoms with van der Waals surface area (Å²) in [5, 5.41) is 3.17. The molecule has 0 aromatic rings. The van der Waals surface area contributed by atoms with Gasteiger partial charge in [-0.1, -0.05) is 0 Å². The lowest BCUT2D eigenvalue weighted by Crippen LogP contribution is -2.69. The number of hydrogen-bond donors (Lipinski definition) is 1. The molecule has 114 valence electrons. The molecular weight excluding hydrogens is 270 g/mol. The Morgan fingerprint density at radius 3 is 2.33 bits per heavy atom. The average Bonchev–Trinajstić information content (AvgIpc) is 2.68. The van der Waals surface area contributed by atoms with Crippen LogP contribution in [0.15, 0.2) is 0 Å². The topological polar surface area (TPSA) is 69.7 Å². The quantitative estimate of drug-likeness (QED) is 0.727. The van der Waals surface area contributed by atoms with Crippen LogP contribution in [-0.2, 0) is 14.4 Å². The van der Waals surface area contributed by atoms with Crippen LogP contribution in [0.1, 0.15) is 32.1 Å². The summed E-state index contributed by atoms with van der Waals surface area (Å²) in [5.41, 5.74) is -0.118. The molecule has 0 spiro atoms. The van der Waals surface area contributed by atoms with Crippen molar-refractivity contribution in [2.45, 2.75) is 37.6 Å². The third-order valence-corrected chi connectivity index (χ3v) is 5.45. The van der Waals surface area contributed by atoms with Crippen molar-refractivity contribution in [3.63, 3.8) is 0 Å². The third kappa shape index (κ3) is 2.25. The number of carbonyl (C=O) groups excluding carboxylic acids is 3. The first kappa shape index (κ1) is 13.2. The Bertz CT molecular complexity index is 465. The standard InChI is InChI=1S/C15H21N3O3/c19-12(8-18-13(20)1-2-14(18)21)16-15-4-10-3-11(5-15)7-17(6-10)9-15/h10-11H,1-9H2,(H,16,19)/t10-,11+,15+. The Morgan fingerprint density at radius 2 is 1.76 bits per heavy atom. The first-order valence-corrected chi connectivity index (χ1v) is 7.90. The lowest BCUT2D eigenvalue weighted by atomic mass is 9.64. The van der Waals surface area contributed by atoms with Crippen molar-refractivity contribution in [2.75, 3.05) is 26.2 Å². The Balaban J connectivity index is 1.42. The third-order valence-electron chi connectivity index (χ3n) is 5.45. The van der Waals surface area contributed by atoms with Gasteiger partial charge in [0.15, 0.2) is 0 Å². The molecule has 21 heavy (non-hydrogen) atoms. The van der Waals surface area contributed by atoms with Crippen LogP contribution >= 0.6 is 0 Å². The zero-order valence-electron chi connectivity index (χ0n) is 12.1. The minimum absolute atomic E-state index is 0.102. The maximum absolute atomic E-state index is 12.3. The summed E-state index contributed by atoms with van der Waals surface area (Å²) in [5.74, 6) is 0.777. The van der Waals surface area contributed by atoms with Crippen LogP contribution in [0.4, 0.5) is 0 Å². The van der Waals surface area contributed by atoms with Gasteiger partial charge in [0.05, 0.1) is 5.54 Å². The predicted molar refractivity (Wildman–Crippen MR) is 74.1 cm³/mol. The van der Waals surface area contributed by atoms with E-state index in [1.165, 1.54) is 6.42 Å². The fourth-order valence-corrected chi connectivity index (χ4v) is 5.02. The van der Waals surface area contributed by atoms with Gasteiger partial charge < -0.3 is 10.2 Å². The second-order valence-electron chi connectivity index (χ2n) is 7.27. The molecule has 4 aliphatic heterocycles. The minimum Gasteiger partial charge on any atom is -0.348 e. The van der Waals surface area contributed by atoms with E-state index in [0.29, 0.717) is 11.8 Å². The van der Waals surface area contributed by atoms with E-state index in [0.717, 1.165) is 37.4 Å². The summed E-state index contributed by atoms with van der Waals surface area (Å²) in [4.78, 5) is 39.1. The SMILES string of the molecule is O=C(CN1C(=O)CCC1=O)N[C@@]12C[C@@H]3C[C@@H](C[N@](C3)C1)C2. The molecule has 4 atom stereocenters. The molecular formula is C15H21N3O3. The molecule has 1 aliphatic carbocycles. The number of amides is 3. The van der Waals surface area contributed by atoms with Crippen molar-refractivity contribution >= 4 is 17.7 Å². The average molecular weight is 291 g/mol. The molecule has 0 unspecified atom stereocenters. The van der Waals surface area contributed by atoms with Crippen molar-refractivity contribution in [2.24, 2.45) is 11.8 Å². The van der Waals surface area contributed by atoms with Crippen molar-refractivity contribution in [3.05, 3.63) is 0 Å². The van der Waals surface area contributed by atoms with Crippen LogP contribution in [-0.4, -0.2) is 59.2 Å². The highest BCUT2D eigenvalue weighted by molar-refractivity contribution is 6.04. The molecule has 3 amide bonds. The number of likely N-dealkylation sites (tertiary alicyclic amines) is 1. The highest BCUT2D eigenvalue weighted by Crippen LogP contribution is 2.45. The van der Waals surface area contributed by atoms with Crippen LogP contribution in [0.5, 0.6) is 0 Å². The highest BCUT2D eigenvalue weighted by Gasteiger charge is 2.51. The van der Waals surface area contributed by atoms with E-state index >= 15 is 0 Å². The Morgan fingerprint density at radius 1 is 1.14 bits per heavy atom. The molecule has 0 aromatic carbocycles. The Kier molecular flexibility index (Phi) is 2.86. The number of piperidine rings is 3. The molecule has 6 nitrogen and oxygen atoms in total. The molecule has 4 heterocycles. The molecule has 0 aromatic heterocycles. The van der Waals surface area contributed by atoms with Gasteiger partial charge in [0.25, 0.3) is 0 Å². The van der Waals surface area contributed by atoms with E-state index in [1.54, 1.807) is 0 Å². The van der Waals surface area contributed by atoms with Gasteiger partial charge >= 0.3 is 0 Å². The molecule has 5 rings (SSSR count). The molecule has 0 radical (unpaired) electrons. The summed E-state index contributed by atoms with van der Waals surface area (Å²) in [6, 6.07) is 0.